The van der Waals surface area contributed by atoms with E-state index in [2.05, 4.69) is 28.4 Å². The van der Waals surface area contributed by atoms with Gasteiger partial charge in [0.05, 0.1) is 5.01 Å². The molecule has 3 nitrogen and oxygen atoms in total. The number of hydrogen-bond donors (Lipinski definition) is 0. The highest BCUT2D eigenvalue weighted by atomic mass is 32.1. The second-order valence-electron chi connectivity index (χ2n) is 1.68. The van der Waals surface area contributed by atoms with Gasteiger partial charge in [0.2, 0.25) is 0 Å². The molecular formula is C6H7N3S. The lowest BCUT2D eigenvalue weighted by molar-refractivity contribution is 1.26. The fourth-order valence-electron chi connectivity index (χ4n) is 0.611. The molecule has 0 saturated heterocycles. The number of aryl methyl sites for hydroxylation is 1. The first kappa shape index (κ1) is 7.08. The van der Waals surface area contributed by atoms with Crippen LogP contribution in [0.25, 0.3) is 0 Å². The first-order valence-electron chi connectivity index (χ1n) is 2.69. The average Bonchev–Trinajstić information content (AvgIpc) is 2.30. The summed E-state index contributed by atoms with van der Waals surface area (Å²) in [7, 11) is 0. The maximum Gasteiger partial charge on any atom is 0.189 e. The minimum Gasteiger partial charge on any atom is -0.250 e. The molecule has 0 radical (unpaired) electrons. The third kappa shape index (κ3) is 1.11. The van der Waals surface area contributed by atoms with Crippen LogP contribution in [0, 0.1) is 6.92 Å². The van der Waals surface area contributed by atoms with Crippen LogP contribution in [0.5, 0.6) is 0 Å². The maximum absolute atomic E-state index is 4.06. The van der Waals surface area contributed by atoms with Crippen LogP contribution < -0.4 is 0 Å². The van der Waals surface area contributed by atoms with Crippen LogP contribution >= 0.6 is 11.3 Å². The van der Waals surface area contributed by atoms with Gasteiger partial charge in [-0.15, -0.1) is 0 Å². The standard InChI is InChI=1S/C6H7N3S/c1-4-9-5(7-2)6(8-3)10-4/h2-3H2,1H3. The number of aliphatic imine (C=N–C) groups is 2. The summed E-state index contributed by atoms with van der Waals surface area (Å²) in [4.78, 5) is 11.5. The summed E-state index contributed by atoms with van der Waals surface area (Å²) in [6.07, 6.45) is 0. The lowest BCUT2D eigenvalue weighted by Gasteiger charge is -1.82. The van der Waals surface area contributed by atoms with E-state index < -0.39 is 0 Å². The normalized spacial score (nSPS) is 9.30. The highest BCUT2D eigenvalue weighted by molar-refractivity contribution is 7.16. The van der Waals surface area contributed by atoms with Gasteiger partial charge in [0.15, 0.2) is 10.8 Å². The van der Waals surface area contributed by atoms with Crippen molar-refractivity contribution in [3.8, 4) is 0 Å². The molecule has 10 heavy (non-hydrogen) atoms. The van der Waals surface area contributed by atoms with Gasteiger partial charge in [-0.2, -0.15) is 0 Å². The van der Waals surface area contributed by atoms with Crippen molar-refractivity contribution in [1.82, 2.24) is 4.98 Å². The van der Waals surface area contributed by atoms with Crippen molar-refractivity contribution in [1.29, 1.82) is 0 Å². The molecule has 1 heterocycles. The lowest BCUT2D eigenvalue weighted by Crippen LogP contribution is -1.63. The highest BCUT2D eigenvalue weighted by Gasteiger charge is 2.03. The second kappa shape index (κ2) is 2.70. The minimum atomic E-state index is 0.581. The third-order valence-electron chi connectivity index (χ3n) is 0.992. The van der Waals surface area contributed by atoms with E-state index in [9.17, 15) is 0 Å². The number of thiazole rings is 1. The molecule has 4 heteroatoms. The molecular weight excluding hydrogens is 146 g/mol. The zero-order valence-corrected chi connectivity index (χ0v) is 6.48. The summed E-state index contributed by atoms with van der Waals surface area (Å²) in [6.45, 7) is 8.64. The summed E-state index contributed by atoms with van der Waals surface area (Å²) in [6, 6.07) is 0. The predicted octanol–water partition coefficient (Wildman–Crippen LogP) is 2.12. The Morgan fingerprint density at radius 1 is 1.40 bits per heavy atom. The van der Waals surface area contributed by atoms with Gasteiger partial charge in [0.25, 0.3) is 0 Å². The van der Waals surface area contributed by atoms with Crippen molar-refractivity contribution in [2.45, 2.75) is 6.92 Å². The van der Waals surface area contributed by atoms with Crippen molar-refractivity contribution < 1.29 is 0 Å². The minimum absolute atomic E-state index is 0.581. The Balaban J connectivity index is 3.20. The van der Waals surface area contributed by atoms with Gasteiger partial charge in [0.1, 0.15) is 0 Å². The Kier molecular flexibility index (Phi) is 1.91. The van der Waals surface area contributed by atoms with Crippen molar-refractivity contribution >= 4 is 35.6 Å². The summed E-state index contributed by atoms with van der Waals surface area (Å²) in [5.41, 5.74) is 0. The highest BCUT2D eigenvalue weighted by Crippen LogP contribution is 2.32. The van der Waals surface area contributed by atoms with Crippen LogP contribution in [0.4, 0.5) is 10.8 Å². The van der Waals surface area contributed by atoms with Crippen molar-refractivity contribution in [2.75, 3.05) is 0 Å². The number of nitrogens with zero attached hydrogens (tertiary/aromatic N) is 3. The van der Waals surface area contributed by atoms with Crippen LogP contribution in [-0.4, -0.2) is 18.4 Å². The number of aromatic nitrogens is 1. The van der Waals surface area contributed by atoms with E-state index >= 15 is 0 Å². The Bertz CT molecular complexity index is 238. The average molecular weight is 153 g/mol. The molecule has 0 unspecified atom stereocenters. The molecule has 0 N–H and O–H groups in total. The van der Waals surface area contributed by atoms with Gasteiger partial charge >= 0.3 is 0 Å². The van der Waals surface area contributed by atoms with Crippen LogP contribution in [0.2, 0.25) is 0 Å². The molecule has 0 fully saturated rings. The number of hydrogen-bond acceptors (Lipinski definition) is 4. The molecule has 52 valence electrons. The van der Waals surface area contributed by atoms with Crippen molar-refractivity contribution in [3.05, 3.63) is 5.01 Å². The summed E-state index contributed by atoms with van der Waals surface area (Å²) in [5, 5.41) is 1.68. The largest absolute Gasteiger partial charge is 0.250 e. The van der Waals surface area contributed by atoms with E-state index in [1.807, 2.05) is 6.92 Å². The SMILES string of the molecule is C=Nc1nc(C)sc1N=C. The fraction of sp³-hybridized carbons (Fsp3) is 0.167. The Labute approximate surface area is 63.2 Å². The predicted molar refractivity (Wildman–Crippen MR) is 45.3 cm³/mol. The maximum atomic E-state index is 4.06. The van der Waals surface area contributed by atoms with Gasteiger partial charge in [-0.1, -0.05) is 11.3 Å². The molecule has 0 spiro atoms. The van der Waals surface area contributed by atoms with Gasteiger partial charge in [0, 0.05) is 0 Å². The van der Waals surface area contributed by atoms with Crippen LogP contribution in [0.15, 0.2) is 9.98 Å². The summed E-state index contributed by atoms with van der Waals surface area (Å²) in [5.74, 6) is 0.581. The van der Waals surface area contributed by atoms with Crippen LogP contribution in [0.3, 0.4) is 0 Å². The topological polar surface area (TPSA) is 37.6 Å². The third-order valence-corrected chi connectivity index (χ3v) is 1.88. The van der Waals surface area contributed by atoms with Gasteiger partial charge in [-0.05, 0) is 20.4 Å². The van der Waals surface area contributed by atoms with E-state index in [4.69, 9.17) is 0 Å². The van der Waals surface area contributed by atoms with E-state index in [0.29, 0.717) is 5.82 Å². The zero-order chi connectivity index (χ0) is 7.56. The molecule has 0 saturated carbocycles. The Hall–Kier alpha value is -1.03. The van der Waals surface area contributed by atoms with Gasteiger partial charge in [-0.3, -0.25) is 0 Å². The lowest BCUT2D eigenvalue weighted by atomic mass is 10.7. The van der Waals surface area contributed by atoms with Gasteiger partial charge in [-0.25, -0.2) is 15.0 Å². The molecule has 1 aromatic rings. The molecule has 0 aromatic carbocycles. The molecule has 0 aliphatic carbocycles. The molecule has 1 aromatic heterocycles. The zero-order valence-electron chi connectivity index (χ0n) is 5.66. The first-order chi connectivity index (χ1) is 4.77. The molecule has 0 amide bonds. The van der Waals surface area contributed by atoms with Crippen LogP contribution in [0.1, 0.15) is 5.01 Å². The quantitative estimate of drug-likeness (QED) is 0.599. The molecule has 0 aliphatic rings. The van der Waals surface area contributed by atoms with E-state index in [1.54, 1.807) is 0 Å². The van der Waals surface area contributed by atoms with E-state index in [1.165, 1.54) is 11.3 Å². The smallest absolute Gasteiger partial charge is 0.189 e. The monoisotopic (exact) mass is 153 g/mol. The second-order valence-corrected chi connectivity index (χ2v) is 2.86. The Morgan fingerprint density at radius 3 is 2.50 bits per heavy atom. The summed E-state index contributed by atoms with van der Waals surface area (Å²) < 4.78 is 0. The number of rotatable bonds is 2. The van der Waals surface area contributed by atoms with Crippen molar-refractivity contribution in [3.63, 3.8) is 0 Å². The molecule has 0 aliphatic heterocycles. The van der Waals surface area contributed by atoms with E-state index in [-0.39, 0.29) is 0 Å². The molecule has 1 rings (SSSR count). The first-order valence-corrected chi connectivity index (χ1v) is 3.50. The van der Waals surface area contributed by atoms with Crippen LogP contribution in [-0.2, 0) is 0 Å². The van der Waals surface area contributed by atoms with E-state index in [0.717, 1.165) is 10.0 Å². The molecule has 0 bridgehead atoms. The van der Waals surface area contributed by atoms with Gasteiger partial charge < -0.3 is 0 Å². The van der Waals surface area contributed by atoms with Crippen molar-refractivity contribution in [2.24, 2.45) is 9.98 Å². The Morgan fingerprint density at radius 2 is 2.10 bits per heavy atom. The summed E-state index contributed by atoms with van der Waals surface area (Å²) >= 11 is 1.46. The fourth-order valence-corrected chi connectivity index (χ4v) is 1.29. The molecule has 0 atom stereocenters.